The molecule has 190 valence electrons. The molecule has 0 spiro atoms. The number of nitrogens with one attached hydrogen (secondary N) is 1. The maximum atomic E-state index is 12.7. The van der Waals surface area contributed by atoms with E-state index in [-0.39, 0.29) is 30.3 Å². The first-order valence-electron chi connectivity index (χ1n) is 11.5. The van der Waals surface area contributed by atoms with E-state index in [9.17, 15) is 21.6 Å². The van der Waals surface area contributed by atoms with Crippen LogP contribution in [0.1, 0.15) is 19.8 Å². The van der Waals surface area contributed by atoms with Gasteiger partial charge in [-0.3, -0.25) is 9.10 Å². The fraction of sp³-hybridized carbons (Fsp3) is 0.435. The molecular weight excluding hydrogens is 494 g/mol. The average molecular weight is 524 g/mol. The number of hydrogen-bond donors (Lipinski definition) is 1. The van der Waals surface area contributed by atoms with Crippen LogP contribution in [0.15, 0.2) is 53.4 Å². The Balaban J connectivity index is 1.30. The SMILES string of the molecule is CCS(=O)(=O)N1C[C@H](C(=O)NCCOc2ccc(S(=O)(=O)N3CCCC3)cc2)Oc2ccccc21. The summed E-state index contributed by atoms with van der Waals surface area (Å²) in [6.45, 7) is 2.82. The third-order valence-electron chi connectivity index (χ3n) is 5.92. The molecule has 12 heteroatoms. The van der Waals surface area contributed by atoms with Gasteiger partial charge in [0, 0.05) is 13.1 Å². The highest BCUT2D eigenvalue weighted by Gasteiger charge is 2.35. The number of ether oxygens (including phenoxy) is 2. The maximum Gasteiger partial charge on any atom is 0.263 e. The summed E-state index contributed by atoms with van der Waals surface area (Å²) < 4.78 is 64.3. The minimum atomic E-state index is -3.58. The molecule has 2 aliphatic heterocycles. The first-order chi connectivity index (χ1) is 16.7. The number of nitrogens with zero attached hydrogens (tertiary/aromatic N) is 2. The summed E-state index contributed by atoms with van der Waals surface area (Å²) in [5, 5.41) is 2.70. The zero-order chi connectivity index (χ0) is 25.1. The third-order valence-corrected chi connectivity index (χ3v) is 9.58. The minimum absolute atomic E-state index is 0.0956. The molecule has 0 unspecified atom stereocenters. The summed E-state index contributed by atoms with van der Waals surface area (Å²) in [5.74, 6) is 0.257. The topological polar surface area (TPSA) is 122 Å². The number of para-hydroxylation sites is 2. The molecule has 1 amide bonds. The zero-order valence-corrected chi connectivity index (χ0v) is 21.1. The highest BCUT2D eigenvalue weighted by molar-refractivity contribution is 7.92. The van der Waals surface area contributed by atoms with Gasteiger partial charge < -0.3 is 14.8 Å². The Morgan fingerprint density at radius 3 is 2.43 bits per heavy atom. The predicted molar refractivity (Wildman–Crippen MR) is 131 cm³/mol. The Kier molecular flexibility index (Phi) is 7.53. The Hall–Kier alpha value is -2.83. The van der Waals surface area contributed by atoms with Crippen LogP contribution in [-0.4, -0.2) is 71.7 Å². The molecule has 0 saturated carbocycles. The van der Waals surface area contributed by atoms with E-state index in [2.05, 4.69) is 5.32 Å². The number of amides is 1. The van der Waals surface area contributed by atoms with Gasteiger partial charge in [-0.05, 0) is 56.2 Å². The summed E-state index contributed by atoms with van der Waals surface area (Å²) in [5.41, 5.74) is 0.414. The van der Waals surface area contributed by atoms with Crippen LogP contribution in [0.5, 0.6) is 11.5 Å². The second-order valence-electron chi connectivity index (χ2n) is 8.23. The van der Waals surface area contributed by atoms with Crippen LogP contribution in [0.2, 0.25) is 0 Å². The summed E-state index contributed by atoms with van der Waals surface area (Å²) >= 11 is 0. The van der Waals surface area contributed by atoms with Gasteiger partial charge in [0.1, 0.15) is 18.1 Å². The number of carbonyl (C=O) groups excluding carboxylic acids is 1. The lowest BCUT2D eigenvalue weighted by molar-refractivity contribution is -0.127. The molecule has 2 aliphatic rings. The molecule has 1 fully saturated rings. The van der Waals surface area contributed by atoms with Crippen molar-refractivity contribution in [1.29, 1.82) is 0 Å². The van der Waals surface area contributed by atoms with E-state index in [1.165, 1.54) is 20.7 Å². The molecule has 4 rings (SSSR count). The molecule has 0 radical (unpaired) electrons. The molecule has 2 aromatic rings. The summed E-state index contributed by atoms with van der Waals surface area (Å²) in [6, 6.07) is 12.9. The molecule has 1 saturated heterocycles. The van der Waals surface area contributed by atoms with Gasteiger partial charge in [0.15, 0.2) is 6.10 Å². The molecule has 2 aromatic carbocycles. The highest BCUT2D eigenvalue weighted by atomic mass is 32.2. The Morgan fingerprint density at radius 2 is 1.74 bits per heavy atom. The predicted octanol–water partition coefficient (Wildman–Crippen LogP) is 1.58. The summed E-state index contributed by atoms with van der Waals surface area (Å²) in [4.78, 5) is 12.9. The summed E-state index contributed by atoms with van der Waals surface area (Å²) in [7, 11) is -7.06. The van der Waals surface area contributed by atoms with Crippen LogP contribution in [-0.2, 0) is 24.8 Å². The van der Waals surface area contributed by atoms with Crippen LogP contribution in [0, 0.1) is 0 Å². The van der Waals surface area contributed by atoms with Crippen LogP contribution >= 0.6 is 0 Å². The van der Waals surface area contributed by atoms with E-state index >= 15 is 0 Å². The molecule has 35 heavy (non-hydrogen) atoms. The Morgan fingerprint density at radius 1 is 1.06 bits per heavy atom. The average Bonchev–Trinajstić information content (AvgIpc) is 3.42. The van der Waals surface area contributed by atoms with E-state index in [1.54, 1.807) is 43.3 Å². The van der Waals surface area contributed by atoms with Crippen molar-refractivity contribution in [2.75, 3.05) is 42.8 Å². The van der Waals surface area contributed by atoms with E-state index in [4.69, 9.17) is 9.47 Å². The van der Waals surface area contributed by atoms with Gasteiger partial charge in [0.05, 0.1) is 29.4 Å². The standard InChI is InChI=1S/C23H29N3O7S2/c1-2-34(28,29)26-17-22(33-21-8-4-3-7-20(21)26)23(27)24-13-16-32-18-9-11-19(12-10-18)35(30,31)25-14-5-6-15-25/h3-4,7-12,22H,2,5-6,13-17H2,1H3,(H,24,27)/t22-/m1/s1. The lowest BCUT2D eigenvalue weighted by Crippen LogP contribution is -2.51. The number of benzene rings is 2. The fourth-order valence-corrected chi connectivity index (χ4v) is 6.64. The fourth-order valence-electron chi connectivity index (χ4n) is 4.00. The smallest absolute Gasteiger partial charge is 0.263 e. The molecule has 1 N–H and O–H groups in total. The van der Waals surface area contributed by atoms with Crippen molar-refractivity contribution < 1.29 is 31.1 Å². The van der Waals surface area contributed by atoms with E-state index < -0.39 is 32.1 Å². The Bertz CT molecular complexity index is 1260. The number of hydrogen-bond acceptors (Lipinski definition) is 7. The molecule has 0 bridgehead atoms. The number of carbonyl (C=O) groups is 1. The first-order valence-corrected chi connectivity index (χ1v) is 14.5. The quantitative estimate of drug-likeness (QED) is 0.495. The molecule has 0 aromatic heterocycles. The minimum Gasteiger partial charge on any atom is -0.492 e. The lowest BCUT2D eigenvalue weighted by atomic mass is 10.2. The normalized spacial score (nSPS) is 18.5. The van der Waals surface area contributed by atoms with Crippen molar-refractivity contribution in [2.45, 2.75) is 30.8 Å². The van der Waals surface area contributed by atoms with Crippen molar-refractivity contribution in [1.82, 2.24) is 9.62 Å². The maximum absolute atomic E-state index is 12.7. The van der Waals surface area contributed by atoms with E-state index in [1.807, 2.05) is 0 Å². The van der Waals surface area contributed by atoms with Gasteiger partial charge in [0.2, 0.25) is 20.0 Å². The molecule has 1 atom stereocenters. The zero-order valence-electron chi connectivity index (χ0n) is 19.4. The summed E-state index contributed by atoms with van der Waals surface area (Å²) in [6.07, 6.45) is 0.745. The second-order valence-corrected chi connectivity index (χ2v) is 12.3. The number of anilines is 1. The number of rotatable bonds is 9. The lowest BCUT2D eigenvalue weighted by Gasteiger charge is -2.34. The van der Waals surface area contributed by atoms with Gasteiger partial charge >= 0.3 is 0 Å². The van der Waals surface area contributed by atoms with Crippen LogP contribution in [0.4, 0.5) is 5.69 Å². The van der Waals surface area contributed by atoms with E-state index in [0.29, 0.717) is 30.3 Å². The number of fused-ring (bicyclic) bond motifs is 1. The van der Waals surface area contributed by atoms with Crippen molar-refractivity contribution in [3.63, 3.8) is 0 Å². The monoisotopic (exact) mass is 523 g/mol. The highest BCUT2D eigenvalue weighted by Crippen LogP contribution is 2.35. The van der Waals surface area contributed by atoms with Crippen molar-refractivity contribution in [2.24, 2.45) is 0 Å². The first kappa shape index (κ1) is 25.3. The van der Waals surface area contributed by atoms with Gasteiger partial charge in [-0.2, -0.15) is 4.31 Å². The van der Waals surface area contributed by atoms with Gasteiger partial charge in [-0.25, -0.2) is 16.8 Å². The largest absolute Gasteiger partial charge is 0.492 e. The molecule has 0 aliphatic carbocycles. The van der Waals surface area contributed by atoms with Crippen LogP contribution in [0.25, 0.3) is 0 Å². The van der Waals surface area contributed by atoms with Crippen LogP contribution < -0.4 is 19.1 Å². The van der Waals surface area contributed by atoms with Gasteiger partial charge in [-0.15, -0.1) is 0 Å². The molecule has 2 heterocycles. The Labute approximate surface area is 205 Å². The van der Waals surface area contributed by atoms with Crippen LogP contribution in [0.3, 0.4) is 0 Å². The number of sulfonamides is 2. The van der Waals surface area contributed by atoms with Crippen molar-refractivity contribution in [3.05, 3.63) is 48.5 Å². The van der Waals surface area contributed by atoms with Crippen molar-refractivity contribution in [3.8, 4) is 11.5 Å². The molecule has 10 nitrogen and oxygen atoms in total. The van der Waals surface area contributed by atoms with Crippen molar-refractivity contribution >= 4 is 31.6 Å². The second kappa shape index (κ2) is 10.4. The van der Waals surface area contributed by atoms with E-state index in [0.717, 1.165) is 12.8 Å². The van der Waals surface area contributed by atoms with Gasteiger partial charge in [0.25, 0.3) is 5.91 Å². The third kappa shape index (κ3) is 5.54. The molecular formula is C23H29N3O7S2. The van der Waals surface area contributed by atoms with Gasteiger partial charge in [-0.1, -0.05) is 12.1 Å².